The fourth-order valence-electron chi connectivity index (χ4n) is 0.530. The second kappa shape index (κ2) is 3.37. The van der Waals surface area contributed by atoms with Crippen molar-refractivity contribution in [3.8, 4) is 0 Å². The number of amides is 2. The summed E-state index contributed by atoms with van der Waals surface area (Å²) in [5, 5.41) is 1.56. The van der Waals surface area contributed by atoms with Crippen molar-refractivity contribution in [2.45, 2.75) is 11.7 Å². The van der Waals surface area contributed by atoms with Crippen LogP contribution in [0.4, 0.5) is 0 Å². The molecule has 1 unspecified atom stereocenters. The Bertz CT molecular complexity index is 150. The predicted molar refractivity (Wildman–Crippen MR) is 28.9 cm³/mol. The number of carbonyl (C=O) groups is 2. The monoisotopic (exact) mass is 314 g/mol. The van der Waals surface area contributed by atoms with Crippen LogP contribution in [0.25, 0.3) is 0 Å². The van der Waals surface area contributed by atoms with E-state index in [1.807, 2.05) is 0 Å². The minimum absolute atomic E-state index is 0. The van der Waals surface area contributed by atoms with Gasteiger partial charge >= 0.3 is 0 Å². The molecule has 50 valence electrons. The van der Waals surface area contributed by atoms with Crippen LogP contribution in [-0.4, -0.2) is 17.1 Å². The molecule has 0 radical (unpaired) electrons. The number of nitrogens with one attached hydrogen (secondary N) is 1. The number of hydrogen-bond donors (Lipinski definition) is 1. The summed E-state index contributed by atoms with van der Waals surface area (Å²) in [6.07, 6.45) is 0.175. The van der Waals surface area contributed by atoms with Crippen molar-refractivity contribution in [2.75, 3.05) is 0 Å². The van der Waals surface area contributed by atoms with Crippen LogP contribution >= 0.6 is 0 Å². The first kappa shape index (κ1) is 9.18. The molecule has 5 heteroatoms. The van der Waals surface area contributed by atoms with Gasteiger partial charge in [-0.25, -0.2) is 0 Å². The fourth-order valence-corrected chi connectivity index (χ4v) is 0.740. The van der Waals surface area contributed by atoms with Crippen LogP contribution in [0, 0.1) is 0 Å². The SMILES string of the molecule is O=C1CC([S-])C(=O)N1.[W]. The van der Waals surface area contributed by atoms with Crippen molar-refractivity contribution in [3.63, 3.8) is 0 Å². The minimum atomic E-state index is -0.525. The van der Waals surface area contributed by atoms with Crippen molar-refractivity contribution in [3.05, 3.63) is 0 Å². The molecule has 0 spiro atoms. The largest absolute Gasteiger partial charge is 0.779 e. The Kier molecular flexibility index (Phi) is 3.44. The van der Waals surface area contributed by atoms with Crippen LogP contribution in [0.5, 0.6) is 0 Å². The van der Waals surface area contributed by atoms with Crippen LogP contribution in [-0.2, 0) is 43.3 Å². The van der Waals surface area contributed by atoms with E-state index in [1.165, 1.54) is 0 Å². The molecule has 0 aromatic heterocycles. The number of carbonyl (C=O) groups excluding carboxylic acids is 2. The quantitative estimate of drug-likeness (QED) is 0.458. The van der Waals surface area contributed by atoms with Gasteiger partial charge in [0.2, 0.25) is 11.8 Å². The average Bonchev–Trinajstić information content (AvgIpc) is 1.85. The molecule has 1 N–H and O–H groups in total. The molecule has 0 aromatic carbocycles. The molecule has 0 saturated carbocycles. The zero-order chi connectivity index (χ0) is 6.15. The average molecular weight is 314 g/mol. The Morgan fingerprint density at radius 1 is 1.56 bits per heavy atom. The van der Waals surface area contributed by atoms with Gasteiger partial charge in [0.25, 0.3) is 0 Å². The van der Waals surface area contributed by atoms with Gasteiger partial charge in [0.05, 0.1) is 0 Å². The van der Waals surface area contributed by atoms with E-state index in [-0.39, 0.29) is 39.3 Å². The molecular weight excluding hydrogens is 310 g/mol. The van der Waals surface area contributed by atoms with Gasteiger partial charge in [-0.2, -0.15) is 0 Å². The Labute approximate surface area is 72.2 Å². The molecule has 1 fully saturated rings. The van der Waals surface area contributed by atoms with Crippen LogP contribution in [0.3, 0.4) is 0 Å². The van der Waals surface area contributed by atoms with Gasteiger partial charge in [-0.15, -0.1) is 0 Å². The second-order valence-corrected chi connectivity index (χ2v) is 2.17. The van der Waals surface area contributed by atoms with E-state index in [1.54, 1.807) is 0 Å². The predicted octanol–water partition coefficient (Wildman–Crippen LogP) is -1.05. The standard InChI is InChI=1S/C4H5NO2S.W/c6-3-1-2(8)4(7)5-3;/h2,8H,1H2,(H,5,6,7);/p-1. The third-order valence-electron chi connectivity index (χ3n) is 0.926. The van der Waals surface area contributed by atoms with Gasteiger partial charge in [0, 0.05) is 27.5 Å². The summed E-state index contributed by atoms with van der Waals surface area (Å²) in [4.78, 5) is 20.6. The van der Waals surface area contributed by atoms with E-state index in [9.17, 15) is 9.59 Å². The molecule has 9 heavy (non-hydrogen) atoms. The molecule has 1 rings (SSSR count). The van der Waals surface area contributed by atoms with Crippen molar-refractivity contribution in [1.82, 2.24) is 5.32 Å². The number of rotatable bonds is 0. The van der Waals surface area contributed by atoms with Crippen LogP contribution < -0.4 is 5.32 Å². The molecule has 1 saturated heterocycles. The summed E-state index contributed by atoms with van der Waals surface area (Å²) >= 11 is 4.57. The summed E-state index contributed by atoms with van der Waals surface area (Å²) in [5.41, 5.74) is 0. The Balaban J connectivity index is 0.000000640. The van der Waals surface area contributed by atoms with Crippen molar-refractivity contribution >= 4 is 24.4 Å². The summed E-state index contributed by atoms with van der Waals surface area (Å²) in [6.45, 7) is 0. The first-order chi connectivity index (χ1) is 3.70. The molecule has 3 nitrogen and oxygen atoms in total. The maximum atomic E-state index is 10.3. The van der Waals surface area contributed by atoms with E-state index in [0.29, 0.717) is 0 Å². The van der Waals surface area contributed by atoms with Gasteiger partial charge in [0.1, 0.15) is 0 Å². The topological polar surface area (TPSA) is 46.2 Å². The Morgan fingerprint density at radius 3 is 2.22 bits per heavy atom. The molecule has 1 heterocycles. The zero-order valence-corrected chi connectivity index (χ0v) is 8.17. The summed E-state index contributed by atoms with van der Waals surface area (Å²) in [7, 11) is 0. The maximum absolute atomic E-state index is 10.3. The minimum Gasteiger partial charge on any atom is -0.779 e. The maximum Gasteiger partial charge on any atom is 0.225 e. The molecular formula is C4H4NO2SW-. The van der Waals surface area contributed by atoms with Crippen LogP contribution in [0.15, 0.2) is 0 Å². The van der Waals surface area contributed by atoms with E-state index in [2.05, 4.69) is 17.9 Å². The third kappa shape index (κ3) is 2.10. The van der Waals surface area contributed by atoms with E-state index in [0.717, 1.165) is 0 Å². The van der Waals surface area contributed by atoms with E-state index < -0.39 is 5.25 Å². The molecule has 0 aromatic rings. The van der Waals surface area contributed by atoms with Crippen molar-refractivity contribution in [2.24, 2.45) is 0 Å². The first-order valence-corrected chi connectivity index (χ1v) is 2.67. The Hall–Kier alpha value is 0.178. The van der Waals surface area contributed by atoms with E-state index >= 15 is 0 Å². The van der Waals surface area contributed by atoms with Crippen LogP contribution in [0.1, 0.15) is 6.42 Å². The molecule has 1 atom stereocenters. The molecule has 1 aliphatic rings. The van der Waals surface area contributed by atoms with Gasteiger partial charge in [-0.05, 0) is 0 Å². The number of hydrogen-bond acceptors (Lipinski definition) is 3. The molecule has 1 aliphatic heterocycles. The van der Waals surface area contributed by atoms with Crippen LogP contribution in [0.2, 0.25) is 0 Å². The first-order valence-electron chi connectivity index (χ1n) is 2.19. The van der Waals surface area contributed by atoms with Gasteiger partial charge < -0.3 is 12.6 Å². The van der Waals surface area contributed by atoms with E-state index in [4.69, 9.17) is 0 Å². The molecule has 0 aliphatic carbocycles. The summed E-state index contributed by atoms with van der Waals surface area (Å²) < 4.78 is 0. The summed E-state index contributed by atoms with van der Waals surface area (Å²) in [6, 6.07) is 0. The fraction of sp³-hybridized carbons (Fsp3) is 0.500. The smallest absolute Gasteiger partial charge is 0.225 e. The van der Waals surface area contributed by atoms with Gasteiger partial charge in [0.15, 0.2) is 0 Å². The normalized spacial score (nSPS) is 25.2. The number of imide groups is 1. The summed E-state index contributed by atoms with van der Waals surface area (Å²) in [5.74, 6) is -0.583. The third-order valence-corrected chi connectivity index (χ3v) is 1.31. The van der Waals surface area contributed by atoms with Crippen molar-refractivity contribution < 1.29 is 30.7 Å². The van der Waals surface area contributed by atoms with Crippen molar-refractivity contribution in [1.29, 1.82) is 0 Å². The zero-order valence-electron chi connectivity index (χ0n) is 4.42. The molecule has 2 amide bonds. The van der Waals surface area contributed by atoms with Gasteiger partial charge in [-0.3, -0.25) is 14.9 Å². The van der Waals surface area contributed by atoms with Gasteiger partial charge in [-0.1, -0.05) is 5.25 Å². The molecule has 0 bridgehead atoms. The Morgan fingerprint density at radius 2 is 2.11 bits per heavy atom. The second-order valence-electron chi connectivity index (χ2n) is 1.61.